The first kappa shape index (κ1) is 13.9. The van der Waals surface area contributed by atoms with E-state index in [-0.39, 0.29) is 0 Å². The van der Waals surface area contributed by atoms with Crippen LogP contribution in [0.15, 0.2) is 6.07 Å². The molecule has 1 aromatic rings. The quantitative estimate of drug-likeness (QED) is 0.768. The third kappa shape index (κ3) is 4.26. The predicted octanol–water partition coefficient (Wildman–Crippen LogP) is 2.88. The predicted molar refractivity (Wildman–Crippen MR) is 74.8 cm³/mol. The zero-order chi connectivity index (χ0) is 13.5. The highest BCUT2D eigenvalue weighted by molar-refractivity contribution is 5.33. The molecule has 1 N–H and O–H groups in total. The smallest absolute Gasteiger partial charge is 0.229 e. The monoisotopic (exact) mass is 265 g/mol. The zero-order valence-electron chi connectivity index (χ0n) is 11.8. The SMILES string of the molecule is COc1cc(OC)nc(NCCCC2CCCC2)n1. The highest BCUT2D eigenvalue weighted by Crippen LogP contribution is 2.28. The molecule has 19 heavy (non-hydrogen) atoms. The molecule has 106 valence electrons. The minimum absolute atomic E-state index is 0.519. The number of hydrogen-bond donors (Lipinski definition) is 1. The second-order valence-electron chi connectivity index (χ2n) is 5.00. The minimum Gasteiger partial charge on any atom is -0.481 e. The number of nitrogens with zero attached hydrogens (tertiary/aromatic N) is 2. The Morgan fingerprint density at radius 3 is 2.37 bits per heavy atom. The standard InChI is InChI=1S/C14H23N3O2/c1-18-12-10-13(19-2)17-14(16-12)15-9-5-8-11-6-3-4-7-11/h10-11H,3-9H2,1-2H3,(H,15,16,17). The van der Waals surface area contributed by atoms with Gasteiger partial charge in [-0.25, -0.2) is 0 Å². The molecule has 1 aliphatic rings. The van der Waals surface area contributed by atoms with Gasteiger partial charge in [0, 0.05) is 6.54 Å². The van der Waals surface area contributed by atoms with Crippen molar-refractivity contribution in [3.8, 4) is 11.8 Å². The van der Waals surface area contributed by atoms with Crippen LogP contribution >= 0.6 is 0 Å². The van der Waals surface area contributed by atoms with Crippen LogP contribution in [-0.4, -0.2) is 30.7 Å². The summed E-state index contributed by atoms with van der Waals surface area (Å²) in [5.41, 5.74) is 0. The second-order valence-corrected chi connectivity index (χ2v) is 5.00. The maximum atomic E-state index is 5.11. The van der Waals surface area contributed by atoms with Gasteiger partial charge in [-0.1, -0.05) is 25.7 Å². The minimum atomic E-state index is 0.519. The van der Waals surface area contributed by atoms with Crippen LogP contribution in [-0.2, 0) is 0 Å². The van der Waals surface area contributed by atoms with Gasteiger partial charge in [-0.05, 0) is 18.8 Å². The molecular formula is C14H23N3O2. The lowest BCUT2D eigenvalue weighted by atomic mass is 10.0. The van der Waals surface area contributed by atoms with Gasteiger partial charge in [0.15, 0.2) is 0 Å². The molecule has 1 aliphatic carbocycles. The first-order valence-corrected chi connectivity index (χ1v) is 7.02. The first-order valence-electron chi connectivity index (χ1n) is 7.02. The molecule has 1 heterocycles. The van der Waals surface area contributed by atoms with E-state index >= 15 is 0 Å². The molecular weight excluding hydrogens is 242 g/mol. The van der Waals surface area contributed by atoms with Gasteiger partial charge in [-0.3, -0.25) is 0 Å². The van der Waals surface area contributed by atoms with E-state index in [0.29, 0.717) is 17.7 Å². The Hall–Kier alpha value is -1.52. The summed E-state index contributed by atoms with van der Waals surface area (Å²) >= 11 is 0. The average molecular weight is 265 g/mol. The third-order valence-electron chi connectivity index (χ3n) is 3.64. The molecule has 0 unspecified atom stereocenters. The Bertz CT molecular complexity index is 370. The third-order valence-corrected chi connectivity index (χ3v) is 3.64. The van der Waals surface area contributed by atoms with Crippen molar-refractivity contribution in [2.24, 2.45) is 5.92 Å². The van der Waals surface area contributed by atoms with E-state index in [4.69, 9.17) is 9.47 Å². The van der Waals surface area contributed by atoms with Crippen molar-refractivity contribution in [2.75, 3.05) is 26.1 Å². The van der Waals surface area contributed by atoms with Crippen molar-refractivity contribution in [3.63, 3.8) is 0 Å². The van der Waals surface area contributed by atoms with Gasteiger partial charge in [0.1, 0.15) is 0 Å². The highest BCUT2D eigenvalue weighted by Gasteiger charge is 2.14. The molecule has 1 fully saturated rings. The molecule has 0 amide bonds. The van der Waals surface area contributed by atoms with Gasteiger partial charge in [-0.15, -0.1) is 0 Å². The number of hydrogen-bond acceptors (Lipinski definition) is 5. The van der Waals surface area contributed by atoms with Crippen LogP contribution in [0.1, 0.15) is 38.5 Å². The lowest BCUT2D eigenvalue weighted by Crippen LogP contribution is -2.08. The normalized spacial score (nSPS) is 15.5. The largest absolute Gasteiger partial charge is 0.481 e. The molecule has 0 aromatic carbocycles. The number of nitrogens with one attached hydrogen (secondary N) is 1. The summed E-state index contributed by atoms with van der Waals surface area (Å²) < 4.78 is 10.2. The van der Waals surface area contributed by atoms with Crippen molar-refractivity contribution in [1.82, 2.24) is 9.97 Å². The summed E-state index contributed by atoms with van der Waals surface area (Å²) in [6.07, 6.45) is 8.09. The maximum absolute atomic E-state index is 5.11. The molecule has 0 spiro atoms. The summed E-state index contributed by atoms with van der Waals surface area (Å²) in [5, 5.41) is 3.24. The highest BCUT2D eigenvalue weighted by atomic mass is 16.5. The summed E-state index contributed by atoms with van der Waals surface area (Å²) in [6.45, 7) is 0.896. The average Bonchev–Trinajstić information content (AvgIpc) is 2.96. The molecule has 1 saturated carbocycles. The lowest BCUT2D eigenvalue weighted by Gasteiger charge is -2.10. The molecule has 0 aliphatic heterocycles. The Morgan fingerprint density at radius 2 is 1.79 bits per heavy atom. The molecule has 0 bridgehead atoms. The topological polar surface area (TPSA) is 56.3 Å². The number of aromatic nitrogens is 2. The Balaban J connectivity index is 1.77. The van der Waals surface area contributed by atoms with Crippen LogP contribution in [0.4, 0.5) is 5.95 Å². The molecule has 1 aromatic heterocycles. The van der Waals surface area contributed by atoms with Gasteiger partial charge in [0.25, 0.3) is 0 Å². The maximum Gasteiger partial charge on any atom is 0.229 e. The lowest BCUT2D eigenvalue weighted by molar-refractivity contribution is 0.372. The fourth-order valence-corrected chi connectivity index (χ4v) is 2.58. The fraction of sp³-hybridized carbons (Fsp3) is 0.714. The Morgan fingerprint density at radius 1 is 1.16 bits per heavy atom. The van der Waals surface area contributed by atoms with Crippen LogP contribution in [0.3, 0.4) is 0 Å². The van der Waals surface area contributed by atoms with E-state index < -0.39 is 0 Å². The van der Waals surface area contributed by atoms with Crippen LogP contribution < -0.4 is 14.8 Å². The van der Waals surface area contributed by atoms with E-state index in [0.717, 1.165) is 18.9 Å². The number of ether oxygens (including phenoxy) is 2. The van der Waals surface area contributed by atoms with Crippen molar-refractivity contribution < 1.29 is 9.47 Å². The van der Waals surface area contributed by atoms with Gasteiger partial charge in [-0.2, -0.15) is 9.97 Å². The summed E-state index contributed by atoms with van der Waals surface area (Å²) in [5.74, 6) is 2.54. The van der Waals surface area contributed by atoms with Gasteiger partial charge < -0.3 is 14.8 Å². The summed E-state index contributed by atoms with van der Waals surface area (Å²) in [4.78, 5) is 8.49. The van der Waals surface area contributed by atoms with E-state index in [9.17, 15) is 0 Å². The number of rotatable bonds is 7. The van der Waals surface area contributed by atoms with E-state index in [1.54, 1.807) is 20.3 Å². The van der Waals surface area contributed by atoms with Crippen LogP contribution in [0.5, 0.6) is 11.8 Å². The molecule has 5 nitrogen and oxygen atoms in total. The van der Waals surface area contributed by atoms with Crippen molar-refractivity contribution in [1.29, 1.82) is 0 Å². The van der Waals surface area contributed by atoms with Crippen LogP contribution in [0.2, 0.25) is 0 Å². The van der Waals surface area contributed by atoms with Crippen molar-refractivity contribution in [3.05, 3.63) is 6.07 Å². The van der Waals surface area contributed by atoms with Crippen LogP contribution in [0.25, 0.3) is 0 Å². The Labute approximate surface area is 114 Å². The molecule has 0 atom stereocenters. The number of methoxy groups -OCH3 is 2. The van der Waals surface area contributed by atoms with Crippen molar-refractivity contribution >= 4 is 5.95 Å². The molecule has 5 heteroatoms. The van der Waals surface area contributed by atoms with Crippen LogP contribution in [0, 0.1) is 5.92 Å². The van der Waals surface area contributed by atoms with Gasteiger partial charge in [0.05, 0.1) is 20.3 Å². The zero-order valence-corrected chi connectivity index (χ0v) is 11.8. The first-order chi connectivity index (χ1) is 9.31. The van der Waals surface area contributed by atoms with Crippen molar-refractivity contribution in [2.45, 2.75) is 38.5 Å². The second kappa shape index (κ2) is 7.16. The number of anilines is 1. The summed E-state index contributed by atoms with van der Waals surface area (Å²) in [7, 11) is 3.18. The molecule has 0 radical (unpaired) electrons. The van der Waals surface area contributed by atoms with E-state index in [1.807, 2.05) is 0 Å². The van der Waals surface area contributed by atoms with Gasteiger partial charge >= 0.3 is 0 Å². The summed E-state index contributed by atoms with van der Waals surface area (Å²) in [6, 6.07) is 1.67. The van der Waals surface area contributed by atoms with E-state index in [2.05, 4.69) is 15.3 Å². The Kier molecular flexibility index (Phi) is 5.24. The molecule has 0 saturated heterocycles. The molecule has 2 rings (SSSR count). The van der Waals surface area contributed by atoms with Gasteiger partial charge in [0.2, 0.25) is 17.7 Å². The van der Waals surface area contributed by atoms with E-state index in [1.165, 1.54) is 32.1 Å². The fourth-order valence-electron chi connectivity index (χ4n) is 2.58.